The van der Waals surface area contributed by atoms with Crippen LogP contribution in [0.2, 0.25) is 5.02 Å². The standard InChI is InChI=1S/C30H30ClNO4/c31-25-13-11-24(12-14-25)30(17-15-26(16-18-30)35-20-22-7-3-1-4-8-22)19-28(33)32-27(21-36-29(32)34)23-9-5-2-6-10-23/h1-14,26-27H,15-21H2/t26?,27-,30?/m1/s1. The number of ether oxygens (including phenoxy) is 2. The van der Waals surface area contributed by atoms with Gasteiger partial charge < -0.3 is 9.47 Å². The highest BCUT2D eigenvalue weighted by molar-refractivity contribution is 6.30. The number of nitrogens with zero attached hydrogens (tertiary/aromatic N) is 1. The molecule has 5 rings (SSSR count). The van der Waals surface area contributed by atoms with Crippen LogP contribution in [0.15, 0.2) is 84.9 Å². The van der Waals surface area contributed by atoms with Crippen LogP contribution in [0.25, 0.3) is 0 Å². The Labute approximate surface area is 217 Å². The van der Waals surface area contributed by atoms with Crippen LogP contribution < -0.4 is 0 Å². The minimum atomic E-state index is -0.569. The number of cyclic esters (lactones) is 1. The molecule has 0 N–H and O–H groups in total. The van der Waals surface area contributed by atoms with Crippen molar-refractivity contribution in [3.8, 4) is 0 Å². The Morgan fingerprint density at radius 3 is 2.25 bits per heavy atom. The van der Waals surface area contributed by atoms with Crippen LogP contribution in [0.3, 0.4) is 0 Å². The van der Waals surface area contributed by atoms with E-state index in [1.807, 2.05) is 72.8 Å². The third kappa shape index (κ3) is 5.32. The third-order valence-corrected chi connectivity index (χ3v) is 7.74. The molecule has 0 spiro atoms. The molecule has 1 heterocycles. The number of hydrogen-bond acceptors (Lipinski definition) is 4. The van der Waals surface area contributed by atoms with Crippen LogP contribution in [0, 0.1) is 0 Å². The molecule has 1 aliphatic carbocycles. The van der Waals surface area contributed by atoms with Gasteiger partial charge in [0.15, 0.2) is 0 Å². The Hall–Kier alpha value is -3.15. The van der Waals surface area contributed by atoms with Crippen LogP contribution in [-0.4, -0.2) is 29.6 Å². The SMILES string of the molecule is O=C(CC1(c2ccc(Cl)cc2)CCC(OCc2ccccc2)CC1)N1C(=O)OC[C@@H]1c1ccccc1. The summed E-state index contributed by atoms with van der Waals surface area (Å²) in [6, 6.07) is 27.1. The molecule has 2 fully saturated rings. The van der Waals surface area contributed by atoms with Gasteiger partial charge in [-0.3, -0.25) is 4.79 Å². The first-order valence-corrected chi connectivity index (χ1v) is 12.9. The summed E-state index contributed by atoms with van der Waals surface area (Å²) in [5.41, 5.74) is 2.74. The number of imide groups is 1. The quantitative estimate of drug-likeness (QED) is 0.354. The number of hydrogen-bond donors (Lipinski definition) is 0. The molecule has 1 saturated carbocycles. The van der Waals surface area contributed by atoms with Gasteiger partial charge in [-0.15, -0.1) is 0 Å². The van der Waals surface area contributed by atoms with Gasteiger partial charge in [-0.25, -0.2) is 9.69 Å². The zero-order valence-corrected chi connectivity index (χ0v) is 20.9. The van der Waals surface area contributed by atoms with Gasteiger partial charge in [-0.05, 0) is 54.5 Å². The lowest BCUT2D eigenvalue weighted by atomic mass is 9.66. The number of halogens is 1. The molecule has 1 atom stereocenters. The van der Waals surface area contributed by atoms with Gasteiger partial charge in [0, 0.05) is 16.9 Å². The predicted molar refractivity (Wildman–Crippen MR) is 139 cm³/mol. The van der Waals surface area contributed by atoms with Crippen molar-refractivity contribution in [3.05, 3.63) is 107 Å². The molecule has 0 bridgehead atoms. The average molecular weight is 504 g/mol. The molecule has 0 radical (unpaired) electrons. The smallest absolute Gasteiger partial charge is 0.417 e. The third-order valence-electron chi connectivity index (χ3n) is 7.49. The fourth-order valence-electron chi connectivity index (χ4n) is 5.46. The summed E-state index contributed by atoms with van der Waals surface area (Å²) in [5.74, 6) is -0.204. The van der Waals surface area contributed by atoms with Crippen molar-refractivity contribution in [2.75, 3.05) is 6.61 Å². The van der Waals surface area contributed by atoms with E-state index in [-0.39, 0.29) is 25.0 Å². The summed E-state index contributed by atoms with van der Waals surface area (Å²) in [7, 11) is 0. The maximum absolute atomic E-state index is 13.7. The molecule has 3 aromatic carbocycles. The summed E-state index contributed by atoms with van der Waals surface area (Å²) >= 11 is 6.18. The van der Waals surface area contributed by atoms with E-state index in [2.05, 4.69) is 12.1 Å². The van der Waals surface area contributed by atoms with Crippen molar-refractivity contribution < 1.29 is 19.1 Å². The second-order valence-electron chi connectivity index (χ2n) is 9.73. The first kappa shape index (κ1) is 24.5. The number of benzene rings is 3. The van der Waals surface area contributed by atoms with Crippen LogP contribution >= 0.6 is 11.6 Å². The van der Waals surface area contributed by atoms with Crippen molar-refractivity contribution in [1.29, 1.82) is 0 Å². The van der Waals surface area contributed by atoms with Crippen LogP contribution in [-0.2, 0) is 26.3 Å². The van der Waals surface area contributed by atoms with Gasteiger partial charge in [0.05, 0.1) is 12.7 Å². The second kappa shape index (κ2) is 10.9. The first-order valence-electron chi connectivity index (χ1n) is 12.5. The van der Waals surface area contributed by atoms with E-state index in [0.717, 1.165) is 42.4 Å². The topological polar surface area (TPSA) is 55.8 Å². The lowest BCUT2D eigenvalue weighted by molar-refractivity contribution is -0.131. The largest absolute Gasteiger partial charge is 0.446 e. The molecule has 6 heteroatoms. The first-order chi connectivity index (χ1) is 17.5. The van der Waals surface area contributed by atoms with Crippen LogP contribution in [0.1, 0.15) is 54.8 Å². The fraction of sp³-hybridized carbons (Fsp3) is 0.333. The Kier molecular flexibility index (Phi) is 7.40. The predicted octanol–water partition coefficient (Wildman–Crippen LogP) is 6.85. The van der Waals surface area contributed by atoms with E-state index in [1.54, 1.807) is 0 Å². The maximum atomic E-state index is 13.7. The van der Waals surface area contributed by atoms with E-state index in [9.17, 15) is 9.59 Å². The number of rotatable bonds is 7. The van der Waals surface area contributed by atoms with Gasteiger partial charge >= 0.3 is 6.09 Å². The molecule has 2 aliphatic rings. The number of carbonyl (C=O) groups excluding carboxylic acids is 2. The molecule has 5 nitrogen and oxygen atoms in total. The summed E-state index contributed by atoms with van der Waals surface area (Å²) < 4.78 is 11.5. The summed E-state index contributed by atoms with van der Waals surface area (Å²) in [6.45, 7) is 0.759. The van der Waals surface area contributed by atoms with Crippen molar-refractivity contribution >= 4 is 23.6 Å². The van der Waals surface area contributed by atoms with Gasteiger partial charge in [0.25, 0.3) is 0 Å². The fourth-order valence-corrected chi connectivity index (χ4v) is 5.59. The highest BCUT2D eigenvalue weighted by Gasteiger charge is 2.45. The molecule has 186 valence electrons. The number of carbonyl (C=O) groups is 2. The van der Waals surface area contributed by atoms with Gasteiger partial charge in [0.2, 0.25) is 5.91 Å². The number of amides is 2. The van der Waals surface area contributed by atoms with E-state index in [1.165, 1.54) is 4.90 Å². The van der Waals surface area contributed by atoms with E-state index in [4.69, 9.17) is 21.1 Å². The molecular weight excluding hydrogens is 474 g/mol. The monoisotopic (exact) mass is 503 g/mol. The summed E-state index contributed by atoms with van der Waals surface area (Å²) in [4.78, 5) is 27.7. The van der Waals surface area contributed by atoms with Crippen LogP contribution in [0.5, 0.6) is 0 Å². The molecule has 36 heavy (non-hydrogen) atoms. The van der Waals surface area contributed by atoms with E-state index >= 15 is 0 Å². The Bertz CT molecular complexity index is 1170. The molecule has 1 saturated heterocycles. The van der Waals surface area contributed by atoms with Crippen molar-refractivity contribution in [2.24, 2.45) is 0 Å². The Morgan fingerprint density at radius 1 is 0.944 bits per heavy atom. The van der Waals surface area contributed by atoms with Crippen molar-refractivity contribution in [1.82, 2.24) is 4.90 Å². The lowest BCUT2D eigenvalue weighted by Crippen LogP contribution is -2.42. The highest BCUT2D eigenvalue weighted by atomic mass is 35.5. The van der Waals surface area contributed by atoms with E-state index in [0.29, 0.717) is 11.6 Å². The van der Waals surface area contributed by atoms with Gasteiger partial charge in [-0.1, -0.05) is 84.4 Å². The zero-order chi connectivity index (χ0) is 25.0. The summed E-state index contributed by atoms with van der Waals surface area (Å²) in [6.07, 6.45) is 3.06. The van der Waals surface area contributed by atoms with Crippen molar-refractivity contribution in [2.45, 2.75) is 56.3 Å². The molecule has 3 aromatic rings. The molecular formula is C30H30ClNO4. The van der Waals surface area contributed by atoms with Gasteiger partial charge in [0.1, 0.15) is 12.6 Å². The lowest BCUT2D eigenvalue weighted by Gasteiger charge is -2.41. The normalized spacial score (nSPS) is 23.9. The van der Waals surface area contributed by atoms with Gasteiger partial charge in [-0.2, -0.15) is 0 Å². The minimum absolute atomic E-state index is 0.134. The minimum Gasteiger partial charge on any atom is -0.446 e. The second-order valence-corrected chi connectivity index (χ2v) is 10.2. The molecule has 2 amide bonds. The summed E-state index contributed by atoms with van der Waals surface area (Å²) in [5, 5.41) is 0.660. The van der Waals surface area contributed by atoms with E-state index < -0.39 is 17.6 Å². The highest BCUT2D eigenvalue weighted by Crippen LogP contribution is 2.45. The molecule has 0 unspecified atom stereocenters. The zero-order valence-electron chi connectivity index (χ0n) is 20.1. The average Bonchev–Trinajstić information content (AvgIpc) is 3.31. The molecule has 1 aliphatic heterocycles. The maximum Gasteiger partial charge on any atom is 0.417 e. The van der Waals surface area contributed by atoms with Crippen molar-refractivity contribution in [3.63, 3.8) is 0 Å². The Morgan fingerprint density at radius 2 is 1.58 bits per heavy atom. The molecule has 0 aromatic heterocycles. The van der Waals surface area contributed by atoms with Crippen LogP contribution in [0.4, 0.5) is 4.79 Å². The Balaban J connectivity index is 1.33.